The van der Waals surface area contributed by atoms with Crippen molar-refractivity contribution < 1.29 is 4.68 Å². The standard InChI is InChI=1S/C17H34N3/c1-5-8-10-12-14-19-16(4)17(7-3)20(18-19)15-13-11-9-6-2/h5-15H2,1-4H3/q+1. The van der Waals surface area contributed by atoms with E-state index in [1.54, 1.807) is 0 Å². The lowest BCUT2D eigenvalue weighted by molar-refractivity contribution is -0.761. The zero-order valence-corrected chi connectivity index (χ0v) is 14.1. The van der Waals surface area contributed by atoms with Crippen molar-refractivity contribution in [3.8, 4) is 0 Å². The lowest BCUT2D eigenvalue weighted by Gasteiger charge is -1.97. The predicted octanol–water partition coefficient (Wildman–Crippen LogP) is 4.20. The molecule has 0 aliphatic carbocycles. The zero-order chi connectivity index (χ0) is 14.8. The third-order valence-corrected chi connectivity index (χ3v) is 4.11. The van der Waals surface area contributed by atoms with Crippen molar-refractivity contribution in [2.75, 3.05) is 0 Å². The summed E-state index contributed by atoms with van der Waals surface area (Å²) in [5, 5.41) is 4.81. The van der Waals surface area contributed by atoms with E-state index in [-0.39, 0.29) is 0 Å². The minimum Gasteiger partial charge on any atom is -0.134 e. The van der Waals surface area contributed by atoms with Crippen molar-refractivity contribution >= 4 is 0 Å². The number of hydrogen-bond acceptors (Lipinski definition) is 1. The highest BCUT2D eigenvalue weighted by molar-refractivity contribution is 5.02. The molecule has 1 rings (SSSR count). The van der Waals surface area contributed by atoms with Crippen molar-refractivity contribution in [3.63, 3.8) is 0 Å². The molecule has 0 N–H and O–H groups in total. The van der Waals surface area contributed by atoms with Crippen LogP contribution in [0.3, 0.4) is 0 Å². The smallest absolute Gasteiger partial charge is 0.134 e. The van der Waals surface area contributed by atoms with Crippen molar-refractivity contribution in [1.29, 1.82) is 0 Å². The van der Waals surface area contributed by atoms with Gasteiger partial charge in [0.2, 0.25) is 0 Å². The molecule has 3 nitrogen and oxygen atoms in total. The van der Waals surface area contributed by atoms with Gasteiger partial charge in [-0.2, -0.15) is 0 Å². The van der Waals surface area contributed by atoms with Gasteiger partial charge in [0.15, 0.2) is 11.4 Å². The molecule has 1 aromatic rings. The largest absolute Gasteiger partial charge is 0.170 e. The lowest BCUT2D eigenvalue weighted by atomic mass is 10.2. The Morgan fingerprint density at radius 3 is 2.15 bits per heavy atom. The Kier molecular flexibility index (Phi) is 8.56. The molecule has 0 unspecified atom stereocenters. The van der Waals surface area contributed by atoms with Crippen LogP contribution < -0.4 is 4.68 Å². The van der Waals surface area contributed by atoms with E-state index in [1.165, 1.54) is 62.8 Å². The molecule has 1 heterocycles. The Labute approximate surface area is 125 Å². The lowest BCUT2D eigenvalue weighted by Crippen LogP contribution is -2.40. The Morgan fingerprint density at radius 2 is 1.55 bits per heavy atom. The third-order valence-electron chi connectivity index (χ3n) is 4.11. The van der Waals surface area contributed by atoms with E-state index in [0.717, 1.165) is 19.5 Å². The molecule has 20 heavy (non-hydrogen) atoms. The van der Waals surface area contributed by atoms with Crippen LogP contribution in [0, 0.1) is 6.92 Å². The molecule has 0 spiro atoms. The molecule has 0 aliphatic rings. The Morgan fingerprint density at radius 1 is 0.900 bits per heavy atom. The number of aromatic nitrogens is 3. The Balaban J connectivity index is 2.55. The van der Waals surface area contributed by atoms with Gasteiger partial charge in [0, 0.05) is 13.3 Å². The van der Waals surface area contributed by atoms with Crippen molar-refractivity contribution in [1.82, 2.24) is 9.90 Å². The molecule has 0 fully saturated rings. The van der Waals surface area contributed by atoms with E-state index in [0.29, 0.717) is 0 Å². The fourth-order valence-electron chi connectivity index (χ4n) is 2.79. The highest BCUT2D eigenvalue weighted by Crippen LogP contribution is 2.07. The van der Waals surface area contributed by atoms with Gasteiger partial charge in [-0.1, -0.05) is 46.5 Å². The maximum absolute atomic E-state index is 4.81. The first-order valence-electron chi connectivity index (χ1n) is 8.70. The molecule has 0 aromatic carbocycles. The number of unbranched alkanes of at least 4 members (excludes halogenated alkanes) is 6. The summed E-state index contributed by atoms with van der Waals surface area (Å²) >= 11 is 0. The summed E-state index contributed by atoms with van der Waals surface area (Å²) in [7, 11) is 0. The zero-order valence-electron chi connectivity index (χ0n) is 14.1. The summed E-state index contributed by atoms with van der Waals surface area (Å²) in [6.07, 6.45) is 11.6. The molecule has 0 bridgehead atoms. The molecule has 0 saturated carbocycles. The molecule has 3 heteroatoms. The topological polar surface area (TPSA) is 21.7 Å². The van der Waals surface area contributed by atoms with Crippen molar-refractivity contribution in [2.24, 2.45) is 0 Å². The first kappa shape index (κ1) is 17.2. The first-order valence-corrected chi connectivity index (χ1v) is 8.70. The molecule has 0 atom stereocenters. The van der Waals surface area contributed by atoms with E-state index in [2.05, 4.69) is 37.1 Å². The quantitative estimate of drug-likeness (QED) is 0.440. The van der Waals surface area contributed by atoms with E-state index < -0.39 is 0 Å². The SMILES string of the molecule is CCCCCCn1n[n+](CCCCCC)c(CC)c1C. The van der Waals surface area contributed by atoms with E-state index in [4.69, 9.17) is 5.21 Å². The van der Waals surface area contributed by atoms with Crippen molar-refractivity contribution in [2.45, 2.75) is 98.6 Å². The van der Waals surface area contributed by atoms with Crippen LogP contribution >= 0.6 is 0 Å². The predicted molar refractivity (Wildman–Crippen MR) is 84.8 cm³/mol. The summed E-state index contributed by atoms with van der Waals surface area (Å²) in [6.45, 7) is 11.2. The highest BCUT2D eigenvalue weighted by atomic mass is 15.5. The fourth-order valence-corrected chi connectivity index (χ4v) is 2.79. The molecule has 1 aromatic heterocycles. The van der Waals surface area contributed by atoms with Gasteiger partial charge in [0.1, 0.15) is 13.1 Å². The average molecular weight is 280 g/mol. The monoisotopic (exact) mass is 280 g/mol. The van der Waals surface area contributed by atoms with Gasteiger partial charge in [-0.15, -0.1) is 9.36 Å². The number of nitrogens with zero attached hydrogens (tertiary/aromatic N) is 3. The normalized spacial score (nSPS) is 11.2. The molecule has 116 valence electrons. The number of rotatable bonds is 11. The highest BCUT2D eigenvalue weighted by Gasteiger charge is 2.19. The molecular weight excluding hydrogens is 246 g/mol. The molecular formula is C17H34N3+. The first-order chi connectivity index (χ1) is 9.74. The van der Waals surface area contributed by atoms with Gasteiger partial charge in [-0.05, 0) is 25.7 Å². The second-order valence-electron chi connectivity index (χ2n) is 5.84. The Bertz CT molecular complexity index is 369. The summed E-state index contributed by atoms with van der Waals surface area (Å²) in [5.74, 6) is 0. The average Bonchev–Trinajstić information content (AvgIpc) is 2.75. The van der Waals surface area contributed by atoms with Gasteiger partial charge in [-0.25, -0.2) is 0 Å². The maximum atomic E-state index is 4.81. The van der Waals surface area contributed by atoms with Gasteiger partial charge in [0.05, 0.1) is 5.21 Å². The summed E-state index contributed by atoms with van der Waals surface area (Å²) < 4.78 is 4.49. The van der Waals surface area contributed by atoms with Crippen LogP contribution in [0.4, 0.5) is 0 Å². The van der Waals surface area contributed by atoms with Crippen LogP contribution in [0.15, 0.2) is 0 Å². The second-order valence-corrected chi connectivity index (χ2v) is 5.84. The van der Waals surface area contributed by atoms with Crippen LogP contribution in [0.2, 0.25) is 0 Å². The van der Waals surface area contributed by atoms with Crippen LogP contribution in [0.1, 0.15) is 83.5 Å². The Hall–Kier alpha value is -0.860. The molecule has 0 saturated heterocycles. The summed E-state index contributed by atoms with van der Waals surface area (Å²) in [5.41, 5.74) is 2.80. The van der Waals surface area contributed by atoms with E-state index in [9.17, 15) is 0 Å². The molecule has 0 amide bonds. The number of aryl methyl sites for hydroxylation is 2. The van der Waals surface area contributed by atoms with Gasteiger partial charge >= 0.3 is 0 Å². The summed E-state index contributed by atoms with van der Waals surface area (Å²) in [4.78, 5) is 0. The summed E-state index contributed by atoms with van der Waals surface area (Å²) in [6, 6.07) is 0. The van der Waals surface area contributed by atoms with Crippen molar-refractivity contribution in [3.05, 3.63) is 11.4 Å². The van der Waals surface area contributed by atoms with Crippen LogP contribution in [0.5, 0.6) is 0 Å². The minimum atomic E-state index is 1.08. The third kappa shape index (κ3) is 5.26. The second kappa shape index (κ2) is 9.95. The molecule has 0 radical (unpaired) electrons. The van der Waals surface area contributed by atoms with Gasteiger partial charge < -0.3 is 0 Å². The number of hydrogen-bond donors (Lipinski definition) is 0. The van der Waals surface area contributed by atoms with E-state index >= 15 is 0 Å². The van der Waals surface area contributed by atoms with Gasteiger partial charge in [-0.3, -0.25) is 0 Å². The van der Waals surface area contributed by atoms with Crippen LogP contribution in [-0.4, -0.2) is 9.90 Å². The maximum Gasteiger partial charge on any atom is 0.170 e. The van der Waals surface area contributed by atoms with Crippen LogP contribution in [0.25, 0.3) is 0 Å². The molecule has 0 aliphatic heterocycles. The fraction of sp³-hybridized carbons (Fsp3) is 0.882. The van der Waals surface area contributed by atoms with Gasteiger partial charge in [0.25, 0.3) is 0 Å². The van der Waals surface area contributed by atoms with E-state index in [1.807, 2.05) is 0 Å². The van der Waals surface area contributed by atoms with Crippen LogP contribution in [-0.2, 0) is 19.5 Å². The minimum absolute atomic E-state index is 1.08.